The van der Waals surface area contributed by atoms with E-state index in [9.17, 15) is 4.79 Å². The summed E-state index contributed by atoms with van der Waals surface area (Å²) in [5.74, 6) is -0.265. The van der Waals surface area contributed by atoms with Crippen LogP contribution >= 0.6 is 0 Å². The largest absolute Gasteiger partial charge is 0.493 e. The first-order valence-electron chi connectivity index (χ1n) is 5.60. The third-order valence-electron chi connectivity index (χ3n) is 2.65. The Kier molecular flexibility index (Phi) is 3.62. The van der Waals surface area contributed by atoms with Crippen LogP contribution in [0.4, 0.5) is 0 Å². The highest BCUT2D eigenvalue weighted by Gasteiger charge is 2.03. The first-order valence-corrected chi connectivity index (χ1v) is 5.60. The second-order valence-electron chi connectivity index (χ2n) is 3.87. The molecule has 1 aromatic heterocycles. The van der Waals surface area contributed by atoms with Crippen molar-refractivity contribution < 1.29 is 14.6 Å². The van der Waals surface area contributed by atoms with Gasteiger partial charge in [-0.2, -0.15) is 5.10 Å². The number of benzene rings is 1. The molecule has 2 aromatic rings. The molecule has 0 radical (unpaired) electrons. The number of carbonyl (C=O) groups is 1. The fraction of sp³-hybridized carbons (Fsp3) is 0.231. The molecule has 0 saturated carbocycles. The van der Waals surface area contributed by atoms with Crippen molar-refractivity contribution in [3.05, 3.63) is 47.8 Å². The lowest BCUT2D eigenvalue weighted by Gasteiger charge is -2.06. The number of hydrogen-bond acceptors (Lipinski definition) is 3. The first-order chi connectivity index (χ1) is 8.66. The van der Waals surface area contributed by atoms with E-state index < -0.39 is 5.97 Å². The molecule has 0 amide bonds. The number of hydrogen-bond donors (Lipinski definition) is 1. The van der Waals surface area contributed by atoms with Crippen molar-refractivity contribution in [3.63, 3.8) is 0 Å². The normalized spacial score (nSPS) is 10.3. The zero-order valence-electron chi connectivity index (χ0n) is 10.0. The minimum absolute atomic E-state index is 0.258. The van der Waals surface area contributed by atoms with Gasteiger partial charge in [-0.1, -0.05) is 0 Å². The quantitative estimate of drug-likeness (QED) is 0.872. The summed E-state index contributed by atoms with van der Waals surface area (Å²) < 4.78 is 7.34. The highest BCUT2D eigenvalue weighted by molar-refractivity contribution is 5.87. The van der Waals surface area contributed by atoms with E-state index in [-0.39, 0.29) is 5.56 Å². The second-order valence-corrected chi connectivity index (χ2v) is 3.87. The highest BCUT2D eigenvalue weighted by Crippen LogP contribution is 2.12. The minimum atomic E-state index is -0.934. The number of ether oxygens (including phenoxy) is 1. The van der Waals surface area contributed by atoms with Gasteiger partial charge >= 0.3 is 5.97 Å². The number of nitrogens with zero attached hydrogens (tertiary/aromatic N) is 2. The van der Waals surface area contributed by atoms with Gasteiger partial charge in [-0.15, -0.1) is 0 Å². The number of aromatic carboxylic acids is 1. The lowest BCUT2D eigenvalue weighted by atomic mass is 10.2. The summed E-state index contributed by atoms with van der Waals surface area (Å²) in [5.41, 5.74) is 1.35. The van der Waals surface area contributed by atoms with Crippen molar-refractivity contribution in [1.29, 1.82) is 0 Å². The van der Waals surface area contributed by atoms with Crippen molar-refractivity contribution in [1.82, 2.24) is 9.78 Å². The van der Waals surface area contributed by atoms with Gasteiger partial charge in [-0.25, -0.2) is 4.79 Å². The summed E-state index contributed by atoms with van der Waals surface area (Å²) in [4.78, 5) is 10.7. The molecule has 0 aliphatic carbocycles. The van der Waals surface area contributed by atoms with Crippen LogP contribution in [0.5, 0.6) is 5.75 Å². The molecular formula is C13H14N2O3. The number of aryl methyl sites for hydroxylation is 1. The van der Waals surface area contributed by atoms with Crippen LogP contribution in [-0.2, 0) is 13.5 Å². The van der Waals surface area contributed by atoms with Crippen LogP contribution in [0.25, 0.3) is 0 Å². The fourth-order valence-electron chi connectivity index (χ4n) is 1.61. The van der Waals surface area contributed by atoms with E-state index in [0.29, 0.717) is 12.4 Å². The smallest absolute Gasteiger partial charge is 0.335 e. The molecule has 0 unspecified atom stereocenters. The highest BCUT2D eigenvalue weighted by atomic mass is 16.5. The van der Waals surface area contributed by atoms with Crippen LogP contribution in [-0.4, -0.2) is 27.5 Å². The van der Waals surface area contributed by atoms with Crippen molar-refractivity contribution in [2.75, 3.05) is 6.61 Å². The summed E-state index contributed by atoms with van der Waals surface area (Å²) in [7, 11) is 1.89. The first kappa shape index (κ1) is 12.2. The summed E-state index contributed by atoms with van der Waals surface area (Å²) in [6.45, 7) is 0.534. The molecule has 0 spiro atoms. The molecule has 0 fully saturated rings. The van der Waals surface area contributed by atoms with Gasteiger partial charge in [0, 0.05) is 25.4 Å². The Morgan fingerprint density at radius 1 is 1.33 bits per heavy atom. The molecule has 0 atom stereocenters. The Labute approximate surface area is 105 Å². The van der Waals surface area contributed by atoms with Crippen LogP contribution in [0.15, 0.2) is 36.5 Å². The number of carboxylic acid groups (broad SMARTS) is 1. The molecule has 5 nitrogen and oxygen atoms in total. The van der Waals surface area contributed by atoms with E-state index in [2.05, 4.69) is 5.10 Å². The molecule has 1 N–H and O–H groups in total. The molecular weight excluding hydrogens is 232 g/mol. The van der Waals surface area contributed by atoms with Gasteiger partial charge in [0.2, 0.25) is 0 Å². The van der Waals surface area contributed by atoms with E-state index in [1.165, 1.54) is 12.1 Å². The van der Waals surface area contributed by atoms with Gasteiger partial charge in [-0.05, 0) is 30.3 Å². The van der Waals surface area contributed by atoms with Crippen molar-refractivity contribution >= 4 is 5.97 Å². The summed E-state index contributed by atoms with van der Waals surface area (Å²) in [6.07, 6.45) is 2.51. The Morgan fingerprint density at radius 2 is 2.06 bits per heavy atom. The molecule has 2 rings (SSSR count). The van der Waals surface area contributed by atoms with Gasteiger partial charge in [-0.3, -0.25) is 4.68 Å². The Hall–Kier alpha value is -2.30. The zero-order chi connectivity index (χ0) is 13.0. The molecule has 94 valence electrons. The third-order valence-corrected chi connectivity index (χ3v) is 2.65. The van der Waals surface area contributed by atoms with E-state index in [1.54, 1.807) is 23.0 Å². The Bertz CT molecular complexity index is 531. The van der Waals surface area contributed by atoms with Crippen molar-refractivity contribution in [2.45, 2.75) is 6.42 Å². The van der Waals surface area contributed by atoms with Gasteiger partial charge in [0.15, 0.2) is 0 Å². The Morgan fingerprint density at radius 3 is 2.61 bits per heavy atom. The average molecular weight is 246 g/mol. The van der Waals surface area contributed by atoms with E-state index in [1.807, 2.05) is 13.1 Å². The van der Waals surface area contributed by atoms with E-state index in [4.69, 9.17) is 9.84 Å². The predicted molar refractivity (Wildman–Crippen MR) is 65.8 cm³/mol. The maximum atomic E-state index is 10.7. The molecule has 0 bridgehead atoms. The van der Waals surface area contributed by atoms with Gasteiger partial charge in [0.25, 0.3) is 0 Å². The summed E-state index contributed by atoms with van der Waals surface area (Å²) in [5, 5.41) is 12.8. The summed E-state index contributed by atoms with van der Waals surface area (Å²) in [6, 6.07) is 8.32. The van der Waals surface area contributed by atoms with E-state index >= 15 is 0 Å². The minimum Gasteiger partial charge on any atom is -0.493 e. The van der Waals surface area contributed by atoms with Crippen molar-refractivity contribution in [2.24, 2.45) is 7.05 Å². The van der Waals surface area contributed by atoms with Gasteiger partial charge in [0.1, 0.15) is 5.75 Å². The molecule has 5 heteroatoms. The number of aromatic nitrogens is 2. The monoisotopic (exact) mass is 246 g/mol. The Balaban J connectivity index is 1.87. The maximum absolute atomic E-state index is 10.7. The molecule has 18 heavy (non-hydrogen) atoms. The molecule has 0 saturated heterocycles. The van der Waals surface area contributed by atoms with Gasteiger partial charge in [0.05, 0.1) is 12.2 Å². The third kappa shape index (κ3) is 2.88. The SMILES string of the molecule is Cn1nccc1CCOc1ccc(C(=O)O)cc1. The lowest BCUT2D eigenvalue weighted by molar-refractivity contribution is 0.0697. The van der Waals surface area contributed by atoms with Crippen LogP contribution in [0.1, 0.15) is 16.1 Å². The van der Waals surface area contributed by atoms with E-state index in [0.717, 1.165) is 12.1 Å². The zero-order valence-corrected chi connectivity index (χ0v) is 10.0. The second kappa shape index (κ2) is 5.35. The van der Waals surface area contributed by atoms with Crippen LogP contribution in [0, 0.1) is 0 Å². The number of rotatable bonds is 5. The number of carboxylic acids is 1. The summed E-state index contributed by atoms with van der Waals surface area (Å²) >= 11 is 0. The predicted octanol–water partition coefficient (Wildman–Crippen LogP) is 1.74. The van der Waals surface area contributed by atoms with Crippen LogP contribution in [0.2, 0.25) is 0 Å². The van der Waals surface area contributed by atoms with Crippen LogP contribution in [0.3, 0.4) is 0 Å². The maximum Gasteiger partial charge on any atom is 0.335 e. The lowest BCUT2D eigenvalue weighted by Crippen LogP contribution is -2.06. The molecule has 0 aliphatic rings. The molecule has 0 aliphatic heterocycles. The van der Waals surface area contributed by atoms with Gasteiger partial charge < -0.3 is 9.84 Å². The van der Waals surface area contributed by atoms with Crippen molar-refractivity contribution in [3.8, 4) is 5.75 Å². The average Bonchev–Trinajstić information content (AvgIpc) is 2.76. The molecule has 1 aromatic carbocycles. The molecule has 1 heterocycles. The topological polar surface area (TPSA) is 64.4 Å². The van der Waals surface area contributed by atoms with Crippen LogP contribution < -0.4 is 4.74 Å². The fourth-order valence-corrected chi connectivity index (χ4v) is 1.61. The standard InChI is InChI=1S/C13H14N2O3/c1-15-11(6-8-14-15)7-9-18-12-4-2-10(3-5-12)13(16)17/h2-6,8H,7,9H2,1H3,(H,16,17).